The highest BCUT2D eigenvalue weighted by atomic mass is 16.5. The second-order valence-electron chi connectivity index (χ2n) is 6.57. The number of hydrogen-bond donors (Lipinski definition) is 0. The number of amides is 1. The summed E-state index contributed by atoms with van der Waals surface area (Å²) in [6.45, 7) is 7.15. The molecule has 6 heteroatoms. The monoisotopic (exact) mass is 330 g/mol. The van der Waals surface area contributed by atoms with Crippen molar-refractivity contribution in [2.24, 2.45) is 5.41 Å². The Morgan fingerprint density at radius 2 is 2.12 bits per heavy atom. The van der Waals surface area contributed by atoms with Crippen LogP contribution in [-0.4, -0.2) is 51.2 Å². The minimum atomic E-state index is 0.0387. The van der Waals surface area contributed by atoms with Gasteiger partial charge in [-0.2, -0.15) is 0 Å². The van der Waals surface area contributed by atoms with E-state index >= 15 is 0 Å². The Labute approximate surface area is 142 Å². The first-order chi connectivity index (χ1) is 11.6. The lowest BCUT2D eigenvalue weighted by Gasteiger charge is -2.58. The summed E-state index contributed by atoms with van der Waals surface area (Å²) < 4.78 is 7.71. The SMILES string of the molecule is CCO[C@@H]1C[C@@H](N(C)C(=O)c2ccc3nncn3c2)C1(CC)CC. The van der Waals surface area contributed by atoms with Crippen molar-refractivity contribution in [2.75, 3.05) is 13.7 Å². The fraction of sp³-hybridized carbons (Fsp3) is 0.611. The van der Waals surface area contributed by atoms with E-state index in [4.69, 9.17) is 4.74 Å². The maximum atomic E-state index is 13.0. The van der Waals surface area contributed by atoms with E-state index in [1.54, 1.807) is 16.9 Å². The van der Waals surface area contributed by atoms with E-state index in [1.165, 1.54) is 0 Å². The number of aromatic nitrogens is 3. The summed E-state index contributed by atoms with van der Waals surface area (Å²) in [5.74, 6) is 0.0387. The lowest BCUT2D eigenvalue weighted by Crippen LogP contribution is -2.64. The van der Waals surface area contributed by atoms with Gasteiger partial charge in [-0.3, -0.25) is 9.20 Å². The molecule has 1 amide bonds. The molecule has 0 unspecified atom stereocenters. The number of carbonyl (C=O) groups is 1. The Bertz CT molecular complexity index is 723. The van der Waals surface area contributed by atoms with Gasteiger partial charge < -0.3 is 9.64 Å². The van der Waals surface area contributed by atoms with Gasteiger partial charge in [0.25, 0.3) is 5.91 Å². The van der Waals surface area contributed by atoms with Crippen LogP contribution in [0.15, 0.2) is 24.7 Å². The molecule has 1 aliphatic rings. The van der Waals surface area contributed by atoms with Crippen LogP contribution in [0.1, 0.15) is 50.4 Å². The zero-order valence-electron chi connectivity index (χ0n) is 14.9. The second-order valence-corrected chi connectivity index (χ2v) is 6.57. The number of pyridine rings is 1. The van der Waals surface area contributed by atoms with Gasteiger partial charge in [-0.05, 0) is 38.3 Å². The molecule has 2 atom stereocenters. The van der Waals surface area contributed by atoms with E-state index in [9.17, 15) is 4.79 Å². The molecule has 2 aromatic rings. The number of hydrogen-bond acceptors (Lipinski definition) is 4. The van der Waals surface area contributed by atoms with Gasteiger partial charge in [0.2, 0.25) is 0 Å². The lowest BCUT2D eigenvalue weighted by atomic mass is 9.58. The molecule has 1 fully saturated rings. The van der Waals surface area contributed by atoms with Crippen molar-refractivity contribution in [3.63, 3.8) is 0 Å². The van der Waals surface area contributed by atoms with E-state index in [2.05, 4.69) is 24.0 Å². The number of ether oxygens (including phenoxy) is 1. The zero-order valence-corrected chi connectivity index (χ0v) is 14.9. The summed E-state index contributed by atoms with van der Waals surface area (Å²) in [6, 6.07) is 3.86. The average Bonchev–Trinajstić information content (AvgIpc) is 3.06. The molecule has 0 saturated heterocycles. The molecule has 2 aromatic heterocycles. The number of carbonyl (C=O) groups excluding carboxylic acids is 1. The molecular weight excluding hydrogens is 304 g/mol. The molecule has 0 radical (unpaired) electrons. The number of nitrogens with zero attached hydrogens (tertiary/aromatic N) is 4. The highest BCUT2D eigenvalue weighted by Crippen LogP contribution is 2.51. The van der Waals surface area contributed by atoms with Crippen LogP contribution in [0.5, 0.6) is 0 Å². The predicted molar refractivity (Wildman–Crippen MR) is 91.9 cm³/mol. The van der Waals surface area contributed by atoms with Crippen LogP contribution < -0.4 is 0 Å². The van der Waals surface area contributed by atoms with Gasteiger partial charge in [-0.1, -0.05) is 13.8 Å². The maximum absolute atomic E-state index is 13.0. The van der Waals surface area contributed by atoms with Gasteiger partial charge in [0, 0.05) is 31.3 Å². The molecule has 0 aliphatic heterocycles. The van der Waals surface area contributed by atoms with Crippen LogP contribution in [0, 0.1) is 5.41 Å². The Kier molecular flexibility index (Phi) is 4.58. The minimum Gasteiger partial charge on any atom is -0.378 e. The van der Waals surface area contributed by atoms with Crippen LogP contribution in [0.2, 0.25) is 0 Å². The number of rotatable bonds is 6. The Balaban J connectivity index is 1.82. The molecule has 130 valence electrons. The summed E-state index contributed by atoms with van der Waals surface area (Å²) in [5, 5.41) is 7.84. The summed E-state index contributed by atoms with van der Waals surface area (Å²) in [6.07, 6.45) is 6.60. The average molecular weight is 330 g/mol. The van der Waals surface area contributed by atoms with Crippen molar-refractivity contribution in [1.29, 1.82) is 0 Å². The first-order valence-corrected chi connectivity index (χ1v) is 8.75. The van der Waals surface area contributed by atoms with Gasteiger partial charge in [0.05, 0.1) is 11.7 Å². The smallest absolute Gasteiger partial charge is 0.255 e. The lowest BCUT2D eigenvalue weighted by molar-refractivity contribution is -0.159. The van der Waals surface area contributed by atoms with Crippen molar-refractivity contribution in [1.82, 2.24) is 19.5 Å². The molecule has 0 spiro atoms. The van der Waals surface area contributed by atoms with Gasteiger partial charge >= 0.3 is 0 Å². The summed E-state index contributed by atoms with van der Waals surface area (Å²) in [5.41, 5.74) is 1.46. The third kappa shape index (κ3) is 2.49. The highest BCUT2D eigenvalue weighted by Gasteiger charge is 2.55. The van der Waals surface area contributed by atoms with Crippen molar-refractivity contribution < 1.29 is 9.53 Å². The molecule has 0 aromatic carbocycles. The minimum absolute atomic E-state index is 0.0387. The predicted octanol–water partition coefficient (Wildman–Crippen LogP) is 2.79. The van der Waals surface area contributed by atoms with Crippen LogP contribution in [-0.2, 0) is 4.74 Å². The maximum Gasteiger partial charge on any atom is 0.255 e. The topological polar surface area (TPSA) is 59.7 Å². The van der Waals surface area contributed by atoms with Gasteiger partial charge in [0.1, 0.15) is 6.33 Å². The van der Waals surface area contributed by atoms with E-state index in [0.717, 1.165) is 31.5 Å². The van der Waals surface area contributed by atoms with Gasteiger partial charge in [0.15, 0.2) is 5.65 Å². The second kappa shape index (κ2) is 6.51. The Hall–Kier alpha value is -1.95. The Morgan fingerprint density at radius 1 is 1.38 bits per heavy atom. The molecule has 0 bridgehead atoms. The van der Waals surface area contributed by atoms with E-state index < -0.39 is 0 Å². The molecule has 6 nitrogen and oxygen atoms in total. The zero-order chi connectivity index (χ0) is 17.3. The van der Waals surface area contributed by atoms with Crippen molar-refractivity contribution in [3.05, 3.63) is 30.2 Å². The highest BCUT2D eigenvalue weighted by molar-refractivity contribution is 5.94. The van der Waals surface area contributed by atoms with Crippen LogP contribution in [0.25, 0.3) is 5.65 Å². The molecule has 3 rings (SSSR count). The van der Waals surface area contributed by atoms with E-state index in [1.807, 2.05) is 31.0 Å². The summed E-state index contributed by atoms with van der Waals surface area (Å²) >= 11 is 0. The first kappa shape index (κ1) is 16.9. The Morgan fingerprint density at radius 3 is 2.79 bits per heavy atom. The standard InChI is InChI=1S/C18H26N4O2/c1-5-18(6-2)14(10-15(18)24-7-3)21(4)17(23)13-8-9-16-20-19-12-22(16)11-13/h8-9,11-12,14-15H,5-7,10H2,1-4H3/t14-,15-/m1/s1. The summed E-state index contributed by atoms with van der Waals surface area (Å²) in [4.78, 5) is 14.9. The van der Waals surface area contributed by atoms with E-state index in [-0.39, 0.29) is 23.5 Å². The van der Waals surface area contributed by atoms with Crippen molar-refractivity contribution >= 4 is 11.6 Å². The summed E-state index contributed by atoms with van der Waals surface area (Å²) in [7, 11) is 1.91. The fourth-order valence-electron chi connectivity index (χ4n) is 4.18. The van der Waals surface area contributed by atoms with Gasteiger partial charge in [-0.15, -0.1) is 10.2 Å². The van der Waals surface area contributed by atoms with E-state index in [0.29, 0.717) is 5.56 Å². The largest absolute Gasteiger partial charge is 0.378 e. The first-order valence-electron chi connectivity index (χ1n) is 8.75. The van der Waals surface area contributed by atoms with Crippen LogP contribution in [0.3, 0.4) is 0 Å². The van der Waals surface area contributed by atoms with Crippen molar-refractivity contribution in [3.8, 4) is 0 Å². The molecular formula is C18H26N4O2. The van der Waals surface area contributed by atoms with Crippen molar-refractivity contribution in [2.45, 2.75) is 52.2 Å². The molecule has 0 N–H and O–H groups in total. The quantitative estimate of drug-likeness (QED) is 0.817. The molecule has 1 aliphatic carbocycles. The molecule has 24 heavy (non-hydrogen) atoms. The third-order valence-electron chi connectivity index (χ3n) is 5.75. The normalized spacial score (nSPS) is 22.3. The van der Waals surface area contributed by atoms with Gasteiger partial charge in [-0.25, -0.2) is 0 Å². The molecule has 1 saturated carbocycles. The number of fused-ring (bicyclic) bond motifs is 1. The molecule has 2 heterocycles. The van der Waals surface area contributed by atoms with Crippen LogP contribution >= 0.6 is 0 Å². The van der Waals surface area contributed by atoms with Crippen LogP contribution in [0.4, 0.5) is 0 Å². The third-order valence-corrected chi connectivity index (χ3v) is 5.75. The fourth-order valence-corrected chi connectivity index (χ4v) is 4.18.